The van der Waals surface area contributed by atoms with Crippen LogP contribution in [-0.4, -0.2) is 21.4 Å². The molecule has 3 heterocycles. The van der Waals surface area contributed by atoms with Crippen LogP contribution in [0.4, 0.5) is 0 Å². The minimum Gasteiger partial charge on any atom is -0.373 e. The lowest BCUT2D eigenvalue weighted by molar-refractivity contribution is 0.370. The van der Waals surface area contributed by atoms with Crippen molar-refractivity contribution in [3.63, 3.8) is 0 Å². The first-order valence-electron chi connectivity index (χ1n) is 8.66. The highest BCUT2D eigenvalue weighted by Gasteiger charge is 2.15. The molecule has 1 aliphatic rings. The summed E-state index contributed by atoms with van der Waals surface area (Å²) < 4.78 is 0. The van der Waals surface area contributed by atoms with E-state index in [2.05, 4.69) is 76.5 Å². The Morgan fingerprint density at radius 3 is 2.72 bits per heavy atom. The van der Waals surface area contributed by atoms with Gasteiger partial charge in [-0.15, -0.1) is 0 Å². The highest BCUT2D eigenvalue weighted by atomic mass is 15.1. The molecule has 1 aliphatic heterocycles. The molecule has 0 radical (unpaired) electrons. The van der Waals surface area contributed by atoms with E-state index in [1.54, 1.807) is 0 Å². The SMILES string of the molecule is Cc1ccc(CCN2C=Cc3cccc(-c4ccncc4)c3C2)nc1. The normalized spacial score (nSPS) is 12.9. The lowest BCUT2D eigenvalue weighted by atomic mass is 9.94. The Labute approximate surface area is 148 Å². The van der Waals surface area contributed by atoms with E-state index in [-0.39, 0.29) is 0 Å². The molecular weight excluding hydrogens is 306 g/mol. The van der Waals surface area contributed by atoms with Gasteiger partial charge in [-0.3, -0.25) is 9.97 Å². The van der Waals surface area contributed by atoms with Gasteiger partial charge in [0.25, 0.3) is 0 Å². The van der Waals surface area contributed by atoms with E-state index >= 15 is 0 Å². The summed E-state index contributed by atoms with van der Waals surface area (Å²) in [5, 5.41) is 0. The van der Waals surface area contributed by atoms with Crippen LogP contribution < -0.4 is 0 Å². The first-order chi connectivity index (χ1) is 12.3. The fraction of sp³-hybridized carbons (Fsp3) is 0.182. The Morgan fingerprint density at radius 2 is 1.92 bits per heavy atom. The number of aromatic nitrogens is 2. The molecule has 0 spiro atoms. The summed E-state index contributed by atoms with van der Waals surface area (Å²) in [6.07, 6.45) is 11.0. The van der Waals surface area contributed by atoms with Crippen LogP contribution in [0.5, 0.6) is 0 Å². The van der Waals surface area contributed by atoms with Gasteiger partial charge in [0.05, 0.1) is 0 Å². The van der Waals surface area contributed by atoms with Crippen molar-refractivity contribution >= 4 is 6.08 Å². The van der Waals surface area contributed by atoms with E-state index in [0.29, 0.717) is 0 Å². The highest BCUT2D eigenvalue weighted by Crippen LogP contribution is 2.30. The van der Waals surface area contributed by atoms with Gasteiger partial charge in [-0.2, -0.15) is 0 Å². The second kappa shape index (κ2) is 6.89. The van der Waals surface area contributed by atoms with Crippen molar-refractivity contribution in [3.05, 3.63) is 89.6 Å². The fourth-order valence-electron chi connectivity index (χ4n) is 3.24. The van der Waals surface area contributed by atoms with Gasteiger partial charge in [0.2, 0.25) is 0 Å². The van der Waals surface area contributed by atoms with Crippen molar-refractivity contribution < 1.29 is 0 Å². The summed E-state index contributed by atoms with van der Waals surface area (Å²) in [6.45, 7) is 3.97. The van der Waals surface area contributed by atoms with Gasteiger partial charge in [-0.05, 0) is 65.2 Å². The predicted octanol–water partition coefficient (Wildman–Crippen LogP) is 4.48. The third-order valence-corrected chi connectivity index (χ3v) is 4.66. The van der Waals surface area contributed by atoms with Crippen molar-refractivity contribution in [2.24, 2.45) is 0 Å². The summed E-state index contributed by atoms with van der Waals surface area (Å²) >= 11 is 0. The molecule has 1 aromatic carbocycles. The van der Waals surface area contributed by atoms with E-state index in [1.165, 1.54) is 27.8 Å². The maximum absolute atomic E-state index is 4.51. The quantitative estimate of drug-likeness (QED) is 0.707. The molecule has 4 rings (SSSR count). The highest BCUT2D eigenvalue weighted by molar-refractivity contribution is 5.73. The van der Waals surface area contributed by atoms with Gasteiger partial charge in [0.15, 0.2) is 0 Å². The Bertz CT molecular complexity index is 883. The molecule has 0 N–H and O–H groups in total. The van der Waals surface area contributed by atoms with Gasteiger partial charge in [0, 0.05) is 43.8 Å². The maximum Gasteiger partial charge on any atom is 0.0436 e. The molecule has 3 heteroatoms. The first kappa shape index (κ1) is 15.6. The molecule has 2 aromatic heterocycles. The first-order valence-corrected chi connectivity index (χ1v) is 8.66. The van der Waals surface area contributed by atoms with Crippen LogP contribution >= 0.6 is 0 Å². The third kappa shape index (κ3) is 3.45. The van der Waals surface area contributed by atoms with Crippen molar-refractivity contribution in [2.75, 3.05) is 6.54 Å². The summed E-state index contributed by atoms with van der Waals surface area (Å²) in [4.78, 5) is 11.0. The molecule has 0 saturated carbocycles. The predicted molar refractivity (Wildman–Crippen MR) is 102 cm³/mol. The molecular formula is C22H21N3. The minimum atomic E-state index is 0.927. The monoisotopic (exact) mass is 327 g/mol. The van der Waals surface area contributed by atoms with Crippen LogP contribution in [0.3, 0.4) is 0 Å². The summed E-state index contributed by atoms with van der Waals surface area (Å²) in [5.41, 5.74) is 7.56. The number of nitrogens with zero attached hydrogens (tertiary/aromatic N) is 3. The van der Waals surface area contributed by atoms with Crippen LogP contribution in [0.25, 0.3) is 17.2 Å². The van der Waals surface area contributed by atoms with Crippen molar-refractivity contribution in [3.8, 4) is 11.1 Å². The smallest absolute Gasteiger partial charge is 0.0436 e. The average Bonchev–Trinajstić information content (AvgIpc) is 2.67. The second-order valence-corrected chi connectivity index (χ2v) is 6.47. The second-order valence-electron chi connectivity index (χ2n) is 6.47. The largest absolute Gasteiger partial charge is 0.373 e. The lowest BCUT2D eigenvalue weighted by Crippen LogP contribution is -2.23. The molecule has 0 atom stereocenters. The van der Waals surface area contributed by atoms with Gasteiger partial charge in [0.1, 0.15) is 0 Å². The molecule has 0 unspecified atom stereocenters. The number of aryl methyl sites for hydroxylation is 1. The average molecular weight is 327 g/mol. The topological polar surface area (TPSA) is 29.0 Å². The van der Waals surface area contributed by atoms with E-state index in [9.17, 15) is 0 Å². The van der Waals surface area contributed by atoms with E-state index in [0.717, 1.165) is 25.2 Å². The molecule has 3 nitrogen and oxygen atoms in total. The number of rotatable bonds is 4. The molecule has 0 fully saturated rings. The van der Waals surface area contributed by atoms with Crippen LogP contribution in [-0.2, 0) is 13.0 Å². The number of benzene rings is 1. The molecule has 0 bridgehead atoms. The third-order valence-electron chi connectivity index (χ3n) is 4.66. The zero-order valence-electron chi connectivity index (χ0n) is 14.4. The Morgan fingerprint density at radius 1 is 1.04 bits per heavy atom. The van der Waals surface area contributed by atoms with Gasteiger partial charge < -0.3 is 4.90 Å². The van der Waals surface area contributed by atoms with Gasteiger partial charge in [-0.25, -0.2) is 0 Å². The van der Waals surface area contributed by atoms with Crippen LogP contribution in [0.2, 0.25) is 0 Å². The zero-order valence-corrected chi connectivity index (χ0v) is 14.4. The standard InChI is InChI=1S/C22H21N3/c1-17-5-6-20(24-15-17)10-14-25-13-9-18-3-2-4-21(22(18)16-25)19-7-11-23-12-8-19/h2-9,11-13,15H,10,14,16H2,1H3. The van der Waals surface area contributed by atoms with Gasteiger partial charge >= 0.3 is 0 Å². The van der Waals surface area contributed by atoms with Gasteiger partial charge in [-0.1, -0.05) is 24.3 Å². The van der Waals surface area contributed by atoms with E-state index in [1.807, 2.05) is 18.6 Å². The van der Waals surface area contributed by atoms with E-state index in [4.69, 9.17) is 0 Å². The molecule has 124 valence electrons. The van der Waals surface area contributed by atoms with Crippen molar-refractivity contribution in [2.45, 2.75) is 19.9 Å². The summed E-state index contributed by atoms with van der Waals surface area (Å²) in [6, 6.07) is 14.9. The minimum absolute atomic E-state index is 0.927. The number of hydrogen-bond donors (Lipinski definition) is 0. The molecule has 25 heavy (non-hydrogen) atoms. The fourth-order valence-corrected chi connectivity index (χ4v) is 3.24. The maximum atomic E-state index is 4.51. The van der Waals surface area contributed by atoms with Crippen LogP contribution in [0.1, 0.15) is 22.4 Å². The molecule has 0 saturated heterocycles. The number of fused-ring (bicyclic) bond motifs is 1. The van der Waals surface area contributed by atoms with Crippen molar-refractivity contribution in [1.82, 2.24) is 14.9 Å². The number of hydrogen-bond acceptors (Lipinski definition) is 3. The summed E-state index contributed by atoms with van der Waals surface area (Å²) in [5.74, 6) is 0. The lowest BCUT2D eigenvalue weighted by Gasteiger charge is -2.27. The molecule has 3 aromatic rings. The molecule has 0 aliphatic carbocycles. The zero-order chi connectivity index (χ0) is 17.1. The van der Waals surface area contributed by atoms with Crippen LogP contribution in [0, 0.1) is 6.92 Å². The number of pyridine rings is 2. The van der Waals surface area contributed by atoms with E-state index < -0.39 is 0 Å². The summed E-state index contributed by atoms with van der Waals surface area (Å²) in [7, 11) is 0. The Kier molecular flexibility index (Phi) is 4.30. The Hall–Kier alpha value is -2.94. The van der Waals surface area contributed by atoms with Crippen molar-refractivity contribution in [1.29, 1.82) is 0 Å². The molecule has 0 amide bonds. The van der Waals surface area contributed by atoms with Crippen LogP contribution in [0.15, 0.2) is 67.3 Å². The Balaban J connectivity index is 1.53.